The predicted molar refractivity (Wildman–Crippen MR) is 79.5 cm³/mol. The number of hydrogen-bond acceptors (Lipinski definition) is 5. The number of phenols is 1. The molecule has 0 saturated heterocycles. The first-order chi connectivity index (χ1) is 9.99. The van der Waals surface area contributed by atoms with Gasteiger partial charge in [-0.2, -0.15) is 0 Å². The van der Waals surface area contributed by atoms with Crippen molar-refractivity contribution < 1.29 is 27.2 Å². The van der Waals surface area contributed by atoms with Gasteiger partial charge >= 0.3 is 0 Å². The Morgan fingerprint density at radius 1 is 1.36 bits per heavy atom. The lowest BCUT2D eigenvalue weighted by Crippen LogP contribution is -3.00. The zero-order valence-electron chi connectivity index (χ0n) is 12.7. The van der Waals surface area contributed by atoms with Gasteiger partial charge in [0, 0.05) is 12.6 Å². The molecule has 0 atom stereocenters. The van der Waals surface area contributed by atoms with E-state index in [4.69, 9.17) is 0 Å². The van der Waals surface area contributed by atoms with Crippen LogP contribution >= 0.6 is 0 Å². The molecule has 0 aliphatic rings. The second-order valence-corrected chi connectivity index (χ2v) is 4.59. The summed E-state index contributed by atoms with van der Waals surface area (Å²) in [7, 11) is 0. The average Bonchev–Trinajstić information content (AvgIpc) is 2.47. The van der Waals surface area contributed by atoms with E-state index in [1.807, 2.05) is 0 Å². The van der Waals surface area contributed by atoms with Crippen molar-refractivity contribution >= 4 is 11.6 Å². The Morgan fingerprint density at radius 2 is 2.00 bits per heavy atom. The summed E-state index contributed by atoms with van der Waals surface area (Å²) in [5.41, 5.74) is -0.200. The second-order valence-electron chi connectivity index (χ2n) is 4.59. The van der Waals surface area contributed by atoms with Gasteiger partial charge in [0.25, 0.3) is 11.6 Å². The summed E-state index contributed by atoms with van der Waals surface area (Å²) in [4.78, 5) is 24.1. The van der Waals surface area contributed by atoms with Crippen molar-refractivity contribution in [3.8, 4) is 5.75 Å². The molecular formula is C14H21ClN3O4-. The molecule has 1 aromatic carbocycles. The number of carbonyl (C=O) groups excluding carboxylic acids is 1. The molecule has 0 unspecified atom stereocenters. The van der Waals surface area contributed by atoms with Crippen LogP contribution in [0.15, 0.2) is 18.2 Å². The maximum atomic E-state index is 11.9. The minimum Gasteiger partial charge on any atom is -1.00 e. The van der Waals surface area contributed by atoms with Crippen molar-refractivity contribution in [3.63, 3.8) is 0 Å². The molecule has 1 rings (SSSR count). The smallest absolute Gasteiger partial charge is 0.273 e. The first-order valence-electron chi connectivity index (χ1n) is 6.97. The molecule has 0 radical (unpaired) electrons. The van der Waals surface area contributed by atoms with Crippen LogP contribution in [-0.2, 0) is 0 Å². The highest BCUT2D eigenvalue weighted by molar-refractivity contribution is 5.97. The van der Waals surface area contributed by atoms with Gasteiger partial charge in [0.05, 0.1) is 16.6 Å². The van der Waals surface area contributed by atoms with E-state index in [1.54, 1.807) is 0 Å². The first kappa shape index (κ1) is 20.1. The van der Waals surface area contributed by atoms with Crippen molar-refractivity contribution in [1.82, 2.24) is 10.2 Å². The van der Waals surface area contributed by atoms with E-state index in [9.17, 15) is 20.0 Å². The Bertz CT molecular complexity index is 507. The van der Waals surface area contributed by atoms with Crippen molar-refractivity contribution in [1.29, 1.82) is 0 Å². The van der Waals surface area contributed by atoms with Crippen molar-refractivity contribution in [2.24, 2.45) is 0 Å². The third kappa shape index (κ3) is 5.87. The van der Waals surface area contributed by atoms with Gasteiger partial charge in [-0.3, -0.25) is 14.9 Å². The Morgan fingerprint density at radius 3 is 2.50 bits per heavy atom. The molecule has 0 aliphatic carbocycles. The number of nitro groups is 1. The van der Waals surface area contributed by atoms with Crippen LogP contribution in [0.25, 0.3) is 0 Å². The number of aromatic hydroxyl groups is 1. The molecule has 0 heterocycles. The van der Waals surface area contributed by atoms with Crippen molar-refractivity contribution in [2.75, 3.05) is 26.2 Å². The van der Waals surface area contributed by atoms with Crippen LogP contribution in [0.2, 0.25) is 0 Å². The summed E-state index contributed by atoms with van der Waals surface area (Å²) in [6.45, 7) is 7.47. The van der Waals surface area contributed by atoms with E-state index in [0.717, 1.165) is 32.1 Å². The van der Waals surface area contributed by atoms with Crippen LogP contribution in [-0.4, -0.2) is 47.0 Å². The summed E-state index contributed by atoms with van der Waals surface area (Å²) in [5, 5.41) is 22.9. The molecule has 0 bridgehead atoms. The van der Waals surface area contributed by atoms with Gasteiger partial charge in [-0.1, -0.05) is 13.8 Å². The van der Waals surface area contributed by atoms with Crippen LogP contribution in [0.1, 0.15) is 30.6 Å². The molecular weight excluding hydrogens is 310 g/mol. The average molecular weight is 331 g/mol. The van der Waals surface area contributed by atoms with Gasteiger partial charge in [0.2, 0.25) is 0 Å². The molecule has 0 spiro atoms. The third-order valence-electron chi connectivity index (χ3n) is 3.27. The van der Waals surface area contributed by atoms with Gasteiger partial charge in [-0.15, -0.1) is 0 Å². The largest absolute Gasteiger partial charge is 1.00 e. The van der Waals surface area contributed by atoms with Gasteiger partial charge in [0.15, 0.2) is 0 Å². The number of phenolic OH excluding ortho intramolecular Hbond substituents is 1. The molecule has 1 aromatic rings. The quantitative estimate of drug-likeness (QED) is 0.353. The molecule has 0 saturated carbocycles. The van der Waals surface area contributed by atoms with E-state index in [0.29, 0.717) is 6.54 Å². The molecule has 1 amide bonds. The number of non-ortho nitro benzene ring substituents is 1. The fraction of sp³-hybridized carbons (Fsp3) is 0.500. The minimum atomic E-state index is -0.620. The number of rotatable bonds is 8. The lowest BCUT2D eigenvalue weighted by atomic mass is 10.1. The Kier molecular flexibility index (Phi) is 9.12. The Balaban J connectivity index is 0.00000441. The number of nitro benzene ring substituents is 1. The monoisotopic (exact) mass is 330 g/mol. The van der Waals surface area contributed by atoms with Gasteiger partial charge in [0.1, 0.15) is 5.75 Å². The van der Waals surface area contributed by atoms with Gasteiger partial charge < -0.3 is 27.7 Å². The van der Waals surface area contributed by atoms with Crippen LogP contribution in [0.4, 0.5) is 5.69 Å². The third-order valence-corrected chi connectivity index (χ3v) is 3.27. The molecule has 22 heavy (non-hydrogen) atoms. The number of nitrogens with zero attached hydrogens (tertiary/aromatic N) is 2. The normalized spacial score (nSPS) is 10.1. The zero-order valence-corrected chi connectivity index (χ0v) is 13.5. The van der Waals surface area contributed by atoms with E-state index in [2.05, 4.69) is 24.1 Å². The summed E-state index contributed by atoms with van der Waals surface area (Å²) >= 11 is 0. The molecule has 124 valence electrons. The van der Waals surface area contributed by atoms with Crippen molar-refractivity contribution in [3.05, 3.63) is 33.9 Å². The number of benzene rings is 1. The maximum absolute atomic E-state index is 11.9. The highest BCUT2D eigenvalue weighted by Gasteiger charge is 2.15. The van der Waals surface area contributed by atoms with Crippen LogP contribution in [0.3, 0.4) is 0 Å². The molecule has 8 heteroatoms. The predicted octanol–water partition coefficient (Wildman–Crippen LogP) is -1.23. The fourth-order valence-corrected chi connectivity index (χ4v) is 1.97. The minimum absolute atomic E-state index is 0. The summed E-state index contributed by atoms with van der Waals surface area (Å²) in [6, 6.07) is 3.43. The first-order valence-corrected chi connectivity index (χ1v) is 6.97. The topological polar surface area (TPSA) is 95.7 Å². The van der Waals surface area contributed by atoms with Crippen LogP contribution in [0, 0.1) is 10.1 Å². The lowest BCUT2D eigenvalue weighted by Gasteiger charge is -2.17. The number of hydrogen-bond donors (Lipinski definition) is 2. The number of halogens is 1. The van der Waals surface area contributed by atoms with E-state index in [1.165, 1.54) is 12.1 Å². The molecule has 2 N–H and O–H groups in total. The molecule has 7 nitrogen and oxygen atoms in total. The number of amides is 1. The lowest BCUT2D eigenvalue weighted by molar-refractivity contribution is -0.384. The highest BCUT2D eigenvalue weighted by atomic mass is 35.5. The fourth-order valence-electron chi connectivity index (χ4n) is 1.97. The molecule has 0 aliphatic heterocycles. The van der Waals surface area contributed by atoms with Crippen LogP contribution in [0.5, 0.6) is 5.75 Å². The van der Waals surface area contributed by atoms with Crippen molar-refractivity contribution in [2.45, 2.75) is 20.3 Å². The highest BCUT2D eigenvalue weighted by Crippen LogP contribution is 2.23. The SMILES string of the molecule is CCN(CC)CCCNC(=O)c1ccc([N+](=O)[O-])cc1O.[Cl-]. The van der Waals surface area contributed by atoms with E-state index >= 15 is 0 Å². The zero-order chi connectivity index (χ0) is 15.8. The number of carbonyl (C=O) groups is 1. The summed E-state index contributed by atoms with van der Waals surface area (Å²) in [6.07, 6.45) is 0.807. The van der Waals surface area contributed by atoms with Gasteiger partial charge in [-0.25, -0.2) is 0 Å². The molecule has 0 aromatic heterocycles. The van der Waals surface area contributed by atoms with E-state index < -0.39 is 10.8 Å². The van der Waals surface area contributed by atoms with Gasteiger partial charge in [-0.05, 0) is 32.1 Å². The standard InChI is InChI=1S/C14H21N3O4.ClH/c1-3-16(4-2)9-5-8-15-14(19)12-7-6-11(17(20)21)10-13(12)18;/h6-7,10,18H,3-5,8-9H2,1-2H3,(H,15,19);1H/p-1. The summed E-state index contributed by atoms with van der Waals surface area (Å²) < 4.78 is 0. The Labute approximate surface area is 135 Å². The molecule has 0 fully saturated rings. The van der Waals surface area contributed by atoms with Crippen LogP contribution < -0.4 is 17.7 Å². The van der Waals surface area contributed by atoms with E-state index in [-0.39, 0.29) is 29.4 Å². The Hall–Kier alpha value is -1.86. The second kappa shape index (κ2) is 9.97. The maximum Gasteiger partial charge on any atom is 0.273 e. The number of nitrogens with one attached hydrogen (secondary N) is 1. The summed E-state index contributed by atoms with van der Waals surface area (Å²) in [5.74, 6) is -0.813.